The van der Waals surface area contributed by atoms with Gasteiger partial charge in [0.1, 0.15) is 0 Å². The SMILES string of the molecule is CCCc1ccc([C@H](NC(=O)c2cc(OC)c(OC)c(OC)c2)c2cccs2)cc1. The number of benzene rings is 2. The van der Waals surface area contributed by atoms with Gasteiger partial charge >= 0.3 is 0 Å². The van der Waals surface area contributed by atoms with Crippen LogP contribution >= 0.6 is 11.3 Å². The summed E-state index contributed by atoms with van der Waals surface area (Å²) >= 11 is 1.61. The molecule has 0 unspecified atom stereocenters. The Kier molecular flexibility index (Phi) is 7.36. The molecule has 0 aliphatic rings. The largest absolute Gasteiger partial charge is 0.493 e. The molecular formula is C24H27NO4S. The van der Waals surface area contributed by atoms with Gasteiger partial charge in [-0.1, -0.05) is 43.7 Å². The topological polar surface area (TPSA) is 56.8 Å². The fraction of sp³-hybridized carbons (Fsp3) is 0.292. The van der Waals surface area contributed by atoms with E-state index in [1.165, 1.54) is 26.9 Å². The van der Waals surface area contributed by atoms with Gasteiger partial charge in [-0.25, -0.2) is 0 Å². The van der Waals surface area contributed by atoms with Crippen molar-refractivity contribution in [1.82, 2.24) is 5.32 Å². The molecule has 5 nitrogen and oxygen atoms in total. The normalized spacial score (nSPS) is 11.6. The average Bonchev–Trinajstić information content (AvgIpc) is 3.31. The zero-order chi connectivity index (χ0) is 21.5. The second kappa shape index (κ2) is 10.2. The quantitative estimate of drug-likeness (QED) is 0.509. The third kappa shape index (κ3) is 4.76. The van der Waals surface area contributed by atoms with Crippen LogP contribution in [-0.2, 0) is 6.42 Å². The minimum Gasteiger partial charge on any atom is -0.493 e. The first kappa shape index (κ1) is 21.7. The molecule has 0 saturated heterocycles. The Bertz CT molecular complexity index is 942. The second-order valence-electron chi connectivity index (χ2n) is 6.83. The Balaban J connectivity index is 1.92. The van der Waals surface area contributed by atoms with Gasteiger partial charge in [0, 0.05) is 10.4 Å². The van der Waals surface area contributed by atoms with E-state index in [2.05, 4.69) is 36.5 Å². The van der Waals surface area contributed by atoms with Crippen molar-refractivity contribution in [2.45, 2.75) is 25.8 Å². The smallest absolute Gasteiger partial charge is 0.252 e. The molecular weight excluding hydrogens is 398 g/mol. The van der Waals surface area contributed by atoms with Crippen molar-refractivity contribution in [3.8, 4) is 17.2 Å². The summed E-state index contributed by atoms with van der Waals surface area (Å²) in [5.74, 6) is 1.13. The zero-order valence-corrected chi connectivity index (χ0v) is 18.5. The number of carbonyl (C=O) groups is 1. The van der Waals surface area contributed by atoms with E-state index in [-0.39, 0.29) is 11.9 Å². The Morgan fingerprint density at radius 3 is 2.17 bits per heavy atom. The standard InChI is InChI=1S/C24H27NO4S/c1-5-7-16-9-11-17(12-10-16)22(21-8-6-13-30-21)25-24(26)18-14-19(27-2)23(29-4)20(15-18)28-3/h6,8-15,22H,5,7H2,1-4H3,(H,25,26)/t22-/m0/s1. The number of rotatable bonds is 9. The van der Waals surface area contributed by atoms with Gasteiger partial charge in [0.15, 0.2) is 11.5 Å². The molecule has 1 atom stereocenters. The molecule has 0 bridgehead atoms. The van der Waals surface area contributed by atoms with E-state index in [9.17, 15) is 4.79 Å². The number of methoxy groups -OCH3 is 3. The monoisotopic (exact) mass is 425 g/mol. The fourth-order valence-electron chi connectivity index (χ4n) is 3.37. The maximum Gasteiger partial charge on any atom is 0.252 e. The summed E-state index contributed by atoms with van der Waals surface area (Å²) < 4.78 is 16.1. The molecule has 1 N–H and O–H groups in total. The number of thiophene rings is 1. The maximum absolute atomic E-state index is 13.2. The Morgan fingerprint density at radius 2 is 1.67 bits per heavy atom. The van der Waals surface area contributed by atoms with Gasteiger partial charge < -0.3 is 19.5 Å². The number of nitrogens with one attached hydrogen (secondary N) is 1. The van der Waals surface area contributed by atoms with Gasteiger partial charge in [-0.05, 0) is 41.1 Å². The number of carbonyl (C=O) groups excluding carboxylic acids is 1. The van der Waals surface area contributed by atoms with Crippen molar-refractivity contribution >= 4 is 17.2 Å². The van der Waals surface area contributed by atoms with Crippen LogP contribution in [0.25, 0.3) is 0 Å². The van der Waals surface area contributed by atoms with Gasteiger partial charge in [0.05, 0.1) is 27.4 Å². The first-order valence-corrected chi connectivity index (χ1v) is 10.7. The summed E-state index contributed by atoms with van der Waals surface area (Å²) in [5, 5.41) is 5.18. The molecule has 2 aromatic carbocycles. The van der Waals surface area contributed by atoms with Crippen molar-refractivity contribution in [1.29, 1.82) is 0 Å². The third-order valence-electron chi connectivity index (χ3n) is 4.88. The van der Waals surface area contributed by atoms with E-state index in [1.54, 1.807) is 23.5 Å². The number of hydrogen-bond acceptors (Lipinski definition) is 5. The van der Waals surface area contributed by atoms with Gasteiger partial charge in [0.25, 0.3) is 5.91 Å². The van der Waals surface area contributed by atoms with Crippen molar-refractivity contribution in [3.63, 3.8) is 0 Å². The van der Waals surface area contributed by atoms with E-state index in [0.29, 0.717) is 22.8 Å². The Morgan fingerprint density at radius 1 is 1.00 bits per heavy atom. The molecule has 30 heavy (non-hydrogen) atoms. The van der Waals surface area contributed by atoms with Crippen molar-refractivity contribution in [2.75, 3.05) is 21.3 Å². The molecule has 0 aliphatic carbocycles. The van der Waals surface area contributed by atoms with Gasteiger partial charge in [-0.3, -0.25) is 4.79 Å². The highest BCUT2D eigenvalue weighted by Gasteiger charge is 2.22. The van der Waals surface area contributed by atoms with E-state index in [4.69, 9.17) is 14.2 Å². The second-order valence-corrected chi connectivity index (χ2v) is 7.81. The molecule has 0 radical (unpaired) electrons. The Labute approximate surface area is 181 Å². The maximum atomic E-state index is 13.2. The van der Waals surface area contributed by atoms with Crippen molar-refractivity contribution < 1.29 is 19.0 Å². The van der Waals surface area contributed by atoms with Crippen LogP contribution < -0.4 is 19.5 Å². The highest BCUT2D eigenvalue weighted by molar-refractivity contribution is 7.10. The highest BCUT2D eigenvalue weighted by Crippen LogP contribution is 2.38. The van der Waals surface area contributed by atoms with Crippen LogP contribution in [0.5, 0.6) is 17.2 Å². The molecule has 1 heterocycles. The summed E-state index contributed by atoms with van der Waals surface area (Å²) in [6.45, 7) is 2.17. The van der Waals surface area contributed by atoms with Crippen molar-refractivity contribution in [2.24, 2.45) is 0 Å². The zero-order valence-electron chi connectivity index (χ0n) is 17.7. The minimum atomic E-state index is -0.243. The molecule has 1 aromatic heterocycles. The van der Waals surface area contributed by atoms with Crippen LogP contribution in [0, 0.1) is 0 Å². The first-order chi connectivity index (χ1) is 14.6. The van der Waals surface area contributed by atoms with E-state index in [1.807, 2.05) is 17.5 Å². The van der Waals surface area contributed by atoms with Crippen LogP contribution in [0.3, 0.4) is 0 Å². The molecule has 0 saturated carbocycles. The van der Waals surface area contributed by atoms with E-state index >= 15 is 0 Å². The predicted octanol–water partition coefficient (Wildman–Crippen LogP) is 5.25. The summed E-state index contributed by atoms with van der Waals surface area (Å²) in [5.41, 5.74) is 2.77. The average molecular weight is 426 g/mol. The van der Waals surface area contributed by atoms with E-state index < -0.39 is 0 Å². The lowest BCUT2D eigenvalue weighted by Crippen LogP contribution is -2.29. The number of hydrogen-bond donors (Lipinski definition) is 1. The number of amides is 1. The lowest BCUT2D eigenvalue weighted by Gasteiger charge is -2.20. The molecule has 3 rings (SSSR count). The van der Waals surface area contributed by atoms with Crippen LogP contribution in [0.15, 0.2) is 53.9 Å². The molecule has 6 heteroatoms. The fourth-order valence-corrected chi connectivity index (χ4v) is 4.17. The summed E-state index contributed by atoms with van der Waals surface area (Å²) in [7, 11) is 4.60. The summed E-state index contributed by atoms with van der Waals surface area (Å²) in [4.78, 5) is 14.2. The van der Waals surface area contributed by atoms with Crippen molar-refractivity contribution in [3.05, 3.63) is 75.5 Å². The summed E-state index contributed by atoms with van der Waals surface area (Å²) in [6, 6.07) is 15.5. The lowest BCUT2D eigenvalue weighted by molar-refractivity contribution is 0.0942. The first-order valence-electron chi connectivity index (χ1n) is 9.84. The van der Waals surface area contributed by atoms with Crippen LogP contribution in [-0.4, -0.2) is 27.2 Å². The van der Waals surface area contributed by atoms with Crippen LogP contribution in [0.2, 0.25) is 0 Å². The summed E-state index contributed by atoms with van der Waals surface area (Å²) in [6.07, 6.45) is 2.15. The number of ether oxygens (including phenoxy) is 3. The number of aryl methyl sites for hydroxylation is 1. The van der Waals surface area contributed by atoms with E-state index in [0.717, 1.165) is 23.3 Å². The molecule has 1 amide bonds. The van der Waals surface area contributed by atoms with Gasteiger partial charge in [-0.15, -0.1) is 11.3 Å². The molecule has 0 spiro atoms. The predicted molar refractivity (Wildman–Crippen MR) is 120 cm³/mol. The molecule has 3 aromatic rings. The minimum absolute atomic E-state index is 0.217. The van der Waals surface area contributed by atoms with Gasteiger partial charge in [0.2, 0.25) is 5.75 Å². The lowest BCUT2D eigenvalue weighted by atomic mass is 10.0. The highest BCUT2D eigenvalue weighted by atomic mass is 32.1. The Hall–Kier alpha value is -2.99. The van der Waals surface area contributed by atoms with Crippen LogP contribution in [0.1, 0.15) is 45.7 Å². The molecule has 158 valence electrons. The molecule has 0 fully saturated rings. The molecule has 0 aliphatic heterocycles. The van der Waals surface area contributed by atoms with Gasteiger partial charge in [-0.2, -0.15) is 0 Å². The third-order valence-corrected chi connectivity index (χ3v) is 5.82. The van der Waals surface area contributed by atoms with Crippen LogP contribution in [0.4, 0.5) is 0 Å².